The van der Waals surface area contributed by atoms with Crippen molar-refractivity contribution in [3.8, 4) is 11.4 Å². The van der Waals surface area contributed by atoms with Gasteiger partial charge in [-0.1, -0.05) is 25.4 Å². The number of nitrogens with zero attached hydrogens (tertiary/aromatic N) is 3. The maximum atomic E-state index is 5.89. The lowest BCUT2D eigenvalue weighted by molar-refractivity contribution is 0.526. The predicted octanol–water partition coefficient (Wildman–Crippen LogP) is 5.00. The van der Waals surface area contributed by atoms with E-state index in [-0.39, 0.29) is 0 Å². The molecule has 0 atom stereocenters. The first-order chi connectivity index (χ1) is 11.1. The Morgan fingerprint density at radius 1 is 1.09 bits per heavy atom. The van der Waals surface area contributed by atoms with E-state index in [4.69, 9.17) is 11.6 Å². The van der Waals surface area contributed by atoms with Gasteiger partial charge in [0.1, 0.15) is 11.6 Å². The Morgan fingerprint density at radius 3 is 2.52 bits per heavy atom. The zero-order valence-electron chi connectivity index (χ0n) is 13.2. The zero-order chi connectivity index (χ0) is 16.2. The summed E-state index contributed by atoms with van der Waals surface area (Å²) in [6, 6.07) is 11.5. The summed E-state index contributed by atoms with van der Waals surface area (Å²) >= 11 is 5.89. The minimum atomic E-state index is 0.571. The highest BCUT2D eigenvalue weighted by Gasteiger charge is 2.08. The van der Waals surface area contributed by atoms with Crippen LogP contribution in [-0.4, -0.2) is 14.5 Å². The van der Waals surface area contributed by atoms with Crippen molar-refractivity contribution in [3.05, 3.63) is 60.0 Å². The van der Waals surface area contributed by atoms with Crippen molar-refractivity contribution in [2.24, 2.45) is 5.92 Å². The Hall–Kier alpha value is -2.33. The lowest BCUT2D eigenvalue weighted by atomic mass is 10.2. The molecule has 2 aromatic heterocycles. The quantitative estimate of drug-likeness (QED) is 0.717. The van der Waals surface area contributed by atoms with E-state index in [2.05, 4.69) is 33.7 Å². The van der Waals surface area contributed by atoms with Gasteiger partial charge in [-0.2, -0.15) is 0 Å². The van der Waals surface area contributed by atoms with E-state index in [9.17, 15) is 0 Å². The molecule has 0 aliphatic heterocycles. The van der Waals surface area contributed by atoms with Crippen LogP contribution in [0.15, 0.2) is 55.0 Å². The van der Waals surface area contributed by atoms with Crippen LogP contribution >= 0.6 is 11.6 Å². The number of hydrogen-bond acceptors (Lipinski definition) is 3. The summed E-state index contributed by atoms with van der Waals surface area (Å²) in [4.78, 5) is 8.93. The Labute approximate surface area is 141 Å². The number of aromatic nitrogens is 3. The third-order valence-electron chi connectivity index (χ3n) is 3.42. The van der Waals surface area contributed by atoms with E-state index in [1.54, 1.807) is 0 Å². The van der Waals surface area contributed by atoms with Gasteiger partial charge in [-0.15, -0.1) is 0 Å². The van der Waals surface area contributed by atoms with Crippen LogP contribution in [0.4, 0.5) is 11.5 Å². The molecule has 0 spiro atoms. The molecule has 2 heterocycles. The smallest absolute Gasteiger partial charge is 0.141 e. The summed E-state index contributed by atoms with van der Waals surface area (Å²) in [6.45, 7) is 5.34. The molecule has 0 amide bonds. The molecule has 0 aliphatic rings. The van der Waals surface area contributed by atoms with Gasteiger partial charge in [0.05, 0.1) is 0 Å². The molecule has 23 heavy (non-hydrogen) atoms. The number of hydrogen-bond donors (Lipinski definition) is 1. The maximum Gasteiger partial charge on any atom is 0.141 e. The van der Waals surface area contributed by atoms with Crippen molar-refractivity contribution in [2.45, 2.75) is 20.4 Å². The van der Waals surface area contributed by atoms with Gasteiger partial charge in [0.15, 0.2) is 0 Å². The Bertz CT molecular complexity index is 760. The molecule has 0 unspecified atom stereocenters. The van der Waals surface area contributed by atoms with E-state index < -0.39 is 0 Å². The van der Waals surface area contributed by atoms with Gasteiger partial charge in [0.25, 0.3) is 0 Å². The number of imidazole rings is 1. The topological polar surface area (TPSA) is 42.7 Å². The Morgan fingerprint density at radius 2 is 1.87 bits per heavy atom. The second-order valence-electron chi connectivity index (χ2n) is 5.86. The van der Waals surface area contributed by atoms with Gasteiger partial charge in [0, 0.05) is 41.4 Å². The zero-order valence-corrected chi connectivity index (χ0v) is 14.0. The average molecular weight is 327 g/mol. The SMILES string of the molecule is CC(C)Cn1ccnc1-c1ccc(Nc2ccc(Cl)cc2)nc1. The van der Waals surface area contributed by atoms with Crippen molar-refractivity contribution in [2.75, 3.05) is 5.32 Å². The highest BCUT2D eigenvalue weighted by Crippen LogP contribution is 2.21. The van der Waals surface area contributed by atoms with E-state index in [1.807, 2.05) is 55.0 Å². The molecule has 0 aliphatic carbocycles. The monoisotopic (exact) mass is 326 g/mol. The first-order valence-corrected chi connectivity index (χ1v) is 8.00. The van der Waals surface area contributed by atoms with Crippen molar-refractivity contribution in [3.63, 3.8) is 0 Å². The molecular formula is C18H19ClN4. The minimum absolute atomic E-state index is 0.571. The second kappa shape index (κ2) is 6.84. The summed E-state index contributed by atoms with van der Waals surface area (Å²) in [6.07, 6.45) is 5.68. The van der Waals surface area contributed by atoms with E-state index in [0.717, 1.165) is 34.5 Å². The van der Waals surface area contributed by atoms with Crippen LogP contribution in [0.3, 0.4) is 0 Å². The fraction of sp³-hybridized carbons (Fsp3) is 0.222. The van der Waals surface area contributed by atoms with Crippen molar-refractivity contribution >= 4 is 23.1 Å². The molecule has 4 nitrogen and oxygen atoms in total. The molecule has 0 saturated carbocycles. The van der Waals surface area contributed by atoms with Crippen molar-refractivity contribution in [1.82, 2.24) is 14.5 Å². The third kappa shape index (κ3) is 3.90. The van der Waals surface area contributed by atoms with Crippen LogP contribution in [0, 0.1) is 5.92 Å². The second-order valence-corrected chi connectivity index (χ2v) is 6.30. The summed E-state index contributed by atoms with van der Waals surface area (Å²) in [5, 5.41) is 3.97. The standard InChI is InChI=1S/C18H19ClN4/c1-13(2)12-23-10-9-20-18(23)14-3-8-17(21-11-14)22-16-6-4-15(19)5-7-16/h3-11,13H,12H2,1-2H3,(H,21,22). The summed E-state index contributed by atoms with van der Waals surface area (Å²) in [5.74, 6) is 2.31. The van der Waals surface area contributed by atoms with Gasteiger partial charge in [0.2, 0.25) is 0 Å². The van der Waals surface area contributed by atoms with Gasteiger partial charge in [-0.3, -0.25) is 0 Å². The molecule has 118 valence electrons. The Kier molecular flexibility index (Phi) is 4.63. The average Bonchev–Trinajstić information content (AvgIpc) is 2.98. The summed E-state index contributed by atoms with van der Waals surface area (Å²) < 4.78 is 2.16. The number of anilines is 2. The molecular weight excluding hydrogens is 308 g/mol. The molecule has 1 N–H and O–H groups in total. The highest BCUT2D eigenvalue weighted by molar-refractivity contribution is 6.30. The molecule has 0 fully saturated rings. The maximum absolute atomic E-state index is 5.89. The van der Waals surface area contributed by atoms with Gasteiger partial charge in [-0.25, -0.2) is 9.97 Å². The first-order valence-electron chi connectivity index (χ1n) is 7.62. The lowest BCUT2D eigenvalue weighted by Gasteiger charge is -2.11. The Balaban J connectivity index is 1.77. The molecule has 0 saturated heterocycles. The van der Waals surface area contributed by atoms with Crippen molar-refractivity contribution < 1.29 is 0 Å². The summed E-state index contributed by atoms with van der Waals surface area (Å²) in [7, 11) is 0. The predicted molar refractivity (Wildman–Crippen MR) is 95.0 cm³/mol. The number of pyridine rings is 1. The first kappa shape index (κ1) is 15.6. The minimum Gasteiger partial charge on any atom is -0.340 e. The summed E-state index contributed by atoms with van der Waals surface area (Å²) in [5.41, 5.74) is 1.97. The van der Waals surface area contributed by atoms with Gasteiger partial charge >= 0.3 is 0 Å². The van der Waals surface area contributed by atoms with E-state index >= 15 is 0 Å². The molecule has 5 heteroatoms. The van der Waals surface area contributed by atoms with Crippen LogP contribution < -0.4 is 5.32 Å². The molecule has 1 aromatic carbocycles. The fourth-order valence-corrected chi connectivity index (χ4v) is 2.52. The molecule has 3 aromatic rings. The van der Waals surface area contributed by atoms with Crippen molar-refractivity contribution in [1.29, 1.82) is 0 Å². The number of benzene rings is 1. The van der Waals surface area contributed by atoms with Gasteiger partial charge < -0.3 is 9.88 Å². The van der Waals surface area contributed by atoms with Crippen LogP contribution in [0.1, 0.15) is 13.8 Å². The third-order valence-corrected chi connectivity index (χ3v) is 3.67. The highest BCUT2D eigenvalue weighted by atomic mass is 35.5. The van der Waals surface area contributed by atoms with Gasteiger partial charge in [-0.05, 0) is 42.3 Å². The normalized spacial score (nSPS) is 11.0. The fourth-order valence-electron chi connectivity index (χ4n) is 2.39. The van der Waals surface area contributed by atoms with Crippen LogP contribution in [0.25, 0.3) is 11.4 Å². The molecule has 3 rings (SSSR count). The number of nitrogens with one attached hydrogen (secondary N) is 1. The van der Waals surface area contributed by atoms with E-state index in [0.29, 0.717) is 5.92 Å². The van der Waals surface area contributed by atoms with Crippen LogP contribution in [-0.2, 0) is 6.54 Å². The van der Waals surface area contributed by atoms with E-state index in [1.165, 1.54) is 0 Å². The van der Waals surface area contributed by atoms with Crippen LogP contribution in [0.5, 0.6) is 0 Å². The largest absolute Gasteiger partial charge is 0.340 e. The number of rotatable bonds is 5. The molecule has 0 bridgehead atoms. The number of halogens is 1. The molecule has 0 radical (unpaired) electrons. The lowest BCUT2D eigenvalue weighted by Crippen LogP contribution is -2.05. The van der Waals surface area contributed by atoms with Crippen LogP contribution in [0.2, 0.25) is 5.02 Å².